The second kappa shape index (κ2) is 9.95. The standard InChI is InChI=1S/C19H23FN4O4/c20-16-5-2-1-4-15(16)19(26)24(8-3-7-23-9-12-27-13-10-23)14-18(25)21-17-6-11-28-22-17/h1-2,4-6,11H,3,7-10,12-14H2,(H,21,22,25). The fraction of sp³-hybridized carbons (Fsp3) is 0.421. The van der Waals surface area contributed by atoms with Gasteiger partial charge in [0, 0.05) is 32.2 Å². The molecule has 3 rings (SSSR count). The molecule has 2 aromatic rings. The van der Waals surface area contributed by atoms with Gasteiger partial charge in [0.15, 0.2) is 5.82 Å². The maximum absolute atomic E-state index is 14.1. The lowest BCUT2D eigenvalue weighted by Gasteiger charge is -2.28. The highest BCUT2D eigenvalue weighted by molar-refractivity contribution is 5.99. The van der Waals surface area contributed by atoms with Crippen molar-refractivity contribution in [2.75, 3.05) is 51.3 Å². The molecule has 0 spiro atoms. The van der Waals surface area contributed by atoms with Gasteiger partial charge in [0.05, 0.1) is 18.8 Å². The van der Waals surface area contributed by atoms with Crippen LogP contribution in [0.2, 0.25) is 0 Å². The summed E-state index contributed by atoms with van der Waals surface area (Å²) in [7, 11) is 0. The van der Waals surface area contributed by atoms with Gasteiger partial charge in [-0.2, -0.15) is 0 Å². The van der Waals surface area contributed by atoms with E-state index >= 15 is 0 Å². The largest absolute Gasteiger partial charge is 0.379 e. The van der Waals surface area contributed by atoms with Gasteiger partial charge in [0.25, 0.3) is 5.91 Å². The zero-order chi connectivity index (χ0) is 19.8. The molecule has 2 amide bonds. The van der Waals surface area contributed by atoms with E-state index in [-0.39, 0.29) is 17.9 Å². The van der Waals surface area contributed by atoms with Crippen LogP contribution in [0.25, 0.3) is 0 Å². The van der Waals surface area contributed by atoms with Crippen LogP contribution in [0, 0.1) is 5.82 Å². The minimum absolute atomic E-state index is 0.0527. The number of halogens is 1. The van der Waals surface area contributed by atoms with Gasteiger partial charge in [-0.25, -0.2) is 4.39 Å². The van der Waals surface area contributed by atoms with Crippen molar-refractivity contribution in [3.63, 3.8) is 0 Å². The Hall–Kier alpha value is -2.78. The number of ether oxygens (including phenoxy) is 1. The molecule has 0 radical (unpaired) electrons. The van der Waals surface area contributed by atoms with Crippen LogP contribution >= 0.6 is 0 Å². The van der Waals surface area contributed by atoms with Crippen molar-refractivity contribution >= 4 is 17.6 Å². The summed E-state index contributed by atoms with van der Waals surface area (Å²) >= 11 is 0. The highest BCUT2D eigenvalue weighted by Gasteiger charge is 2.22. The van der Waals surface area contributed by atoms with E-state index in [1.807, 2.05) is 0 Å². The molecule has 1 N–H and O–H groups in total. The summed E-state index contributed by atoms with van der Waals surface area (Å²) in [5.74, 6) is -1.29. The summed E-state index contributed by atoms with van der Waals surface area (Å²) in [6.45, 7) is 3.97. The quantitative estimate of drug-likeness (QED) is 0.737. The first kappa shape index (κ1) is 20.0. The second-order valence-corrected chi connectivity index (χ2v) is 6.45. The molecule has 28 heavy (non-hydrogen) atoms. The zero-order valence-electron chi connectivity index (χ0n) is 15.5. The molecule has 9 heteroatoms. The number of hydrogen-bond acceptors (Lipinski definition) is 6. The molecular formula is C19H23FN4O4. The van der Waals surface area contributed by atoms with E-state index in [2.05, 4.69) is 19.9 Å². The predicted octanol–water partition coefficient (Wildman–Crippen LogP) is 1.62. The number of aromatic nitrogens is 1. The number of carbonyl (C=O) groups excluding carboxylic acids is 2. The molecule has 0 unspecified atom stereocenters. The van der Waals surface area contributed by atoms with Crippen LogP contribution in [0.3, 0.4) is 0 Å². The normalized spacial score (nSPS) is 14.6. The van der Waals surface area contributed by atoms with Gasteiger partial charge in [-0.05, 0) is 18.6 Å². The third kappa shape index (κ3) is 5.61. The lowest BCUT2D eigenvalue weighted by atomic mass is 10.1. The van der Waals surface area contributed by atoms with Crippen molar-refractivity contribution in [2.45, 2.75) is 6.42 Å². The van der Waals surface area contributed by atoms with E-state index in [0.717, 1.165) is 19.6 Å². The number of nitrogens with one attached hydrogen (secondary N) is 1. The number of anilines is 1. The maximum atomic E-state index is 14.1. The van der Waals surface area contributed by atoms with Crippen LogP contribution < -0.4 is 5.32 Å². The number of hydrogen-bond donors (Lipinski definition) is 1. The van der Waals surface area contributed by atoms with Crippen molar-refractivity contribution in [1.82, 2.24) is 15.0 Å². The minimum Gasteiger partial charge on any atom is -0.379 e. The van der Waals surface area contributed by atoms with Crippen molar-refractivity contribution < 1.29 is 23.2 Å². The zero-order valence-corrected chi connectivity index (χ0v) is 15.5. The summed E-state index contributed by atoms with van der Waals surface area (Å²) < 4.78 is 24.1. The summed E-state index contributed by atoms with van der Waals surface area (Å²) in [5, 5.41) is 6.17. The summed E-state index contributed by atoms with van der Waals surface area (Å²) in [5.41, 5.74) is -0.0527. The van der Waals surface area contributed by atoms with Crippen molar-refractivity contribution in [3.8, 4) is 0 Å². The van der Waals surface area contributed by atoms with E-state index in [4.69, 9.17) is 4.74 Å². The molecule has 0 bridgehead atoms. The van der Waals surface area contributed by atoms with Crippen LogP contribution in [0.1, 0.15) is 16.8 Å². The van der Waals surface area contributed by atoms with Gasteiger partial charge < -0.3 is 19.5 Å². The monoisotopic (exact) mass is 390 g/mol. The highest BCUT2D eigenvalue weighted by Crippen LogP contribution is 2.12. The fourth-order valence-electron chi connectivity index (χ4n) is 3.00. The van der Waals surface area contributed by atoms with Crippen molar-refractivity contribution in [1.29, 1.82) is 0 Å². The molecule has 1 aliphatic rings. The number of nitrogens with zero attached hydrogens (tertiary/aromatic N) is 3. The first-order chi connectivity index (χ1) is 13.6. The number of benzene rings is 1. The molecule has 0 aliphatic carbocycles. The third-order valence-electron chi connectivity index (χ3n) is 4.44. The first-order valence-corrected chi connectivity index (χ1v) is 9.17. The third-order valence-corrected chi connectivity index (χ3v) is 4.44. The number of morpholine rings is 1. The summed E-state index contributed by atoms with van der Waals surface area (Å²) in [6.07, 6.45) is 2.00. The predicted molar refractivity (Wildman–Crippen MR) is 99.3 cm³/mol. The van der Waals surface area contributed by atoms with Gasteiger partial charge >= 0.3 is 0 Å². The maximum Gasteiger partial charge on any atom is 0.257 e. The SMILES string of the molecule is O=C(CN(CCCN1CCOCC1)C(=O)c1ccccc1F)Nc1ccon1. The Balaban J connectivity index is 1.63. The number of rotatable bonds is 8. The molecule has 1 aromatic heterocycles. The minimum atomic E-state index is -0.609. The molecule has 0 atom stereocenters. The highest BCUT2D eigenvalue weighted by atomic mass is 19.1. The van der Waals surface area contributed by atoms with Gasteiger partial charge in [0.2, 0.25) is 5.91 Å². The Morgan fingerprint density at radius 3 is 2.71 bits per heavy atom. The van der Waals surface area contributed by atoms with E-state index in [1.54, 1.807) is 6.07 Å². The number of carbonyl (C=O) groups is 2. The Kier molecular flexibility index (Phi) is 7.10. The summed E-state index contributed by atoms with van der Waals surface area (Å²) in [6, 6.07) is 7.26. The van der Waals surface area contributed by atoms with Gasteiger partial charge in [-0.3, -0.25) is 14.5 Å². The molecule has 1 fully saturated rings. The van der Waals surface area contributed by atoms with Gasteiger partial charge in [0.1, 0.15) is 18.6 Å². The van der Waals surface area contributed by atoms with E-state index in [0.29, 0.717) is 26.2 Å². The van der Waals surface area contributed by atoms with E-state index in [9.17, 15) is 14.0 Å². The van der Waals surface area contributed by atoms with Crippen molar-refractivity contribution in [3.05, 3.63) is 48.0 Å². The smallest absolute Gasteiger partial charge is 0.257 e. The van der Waals surface area contributed by atoms with Crippen LogP contribution in [-0.4, -0.2) is 72.7 Å². The molecule has 0 saturated carbocycles. The van der Waals surface area contributed by atoms with Gasteiger partial charge in [-0.1, -0.05) is 17.3 Å². The topological polar surface area (TPSA) is 87.9 Å². The Bertz CT molecular complexity index is 778. The molecule has 150 valence electrons. The fourth-order valence-corrected chi connectivity index (χ4v) is 3.00. The van der Waals surface area contributed by atoms with E-state index < -0.39 is 17.6 Å². The van der Waals surface area contributed by atoms with Crippen molar-refractivity contribution in [2.24, 2.45) is 0 Å². The molecule has 8 nitrogen and oxygen atoms in total. The lowest BCUT2D eigenvalue weighted by Crippen LogP contribution is -2.41. The Labute approximate surface area is 162 Å². The van der Waals surface area contributed by atoms with Crippen LogP contribution in [0.4, 0.5) is 10.2 Å². The second-order valence-electron chi connectivity index (χ2n) is 6.45. The van der Waals surface area contributed by atoms with Crippen LogP contribution in [-0.2, 0) is 9.53 Å². The molecule has 1 aliphatic heterocycles. The van der Waals surface area contributed by atoms with E-state index in [1.165, 1.54) is 35.4 Å². The average molecular weight is 390 g/mol. The average Bonchev–Trinajstić information content (AvgIpc) is 3.21. The summed E-state index contributed by atoms with van der Waals surface area (Å²) in [4.78, 5) is 28.7. The molecule has 1 saturated heterocycles. The van der Waals surface area contributed by atoms with Gasteiger partial charge in [-0.15, -0.1) is 0 Å². The molecular weight excluding hydrogens is 367 g/mol. The lowest BCUT2D eigenvalue weighted by molar-refractivity contribution is -0.117. The Morgan fingerprint density at radius 1 is 1.21 bits per heavy atom. The number of amides is 2. The Morgan fingerprint density at radius 2 is 2.00 bits per heavy atom. The molecule has 1 aromatic carbocycles. The first-order valence-electron chi connectivity index (χ1n) is 9.17. The van der Waals surface area contributed by atoms with Crippen LogP contribution in [0.5, 0.6) is 0 Å². The van der Waals surface area contributed by atoms with Crippen LogP contribution in [0.15, 0.2) is 41.1 Å². The molecule has 2 heterocycles.